The molecule has 5 heteroatoms. The number of hydrogen-bond acceptors (Lipinski definition) is 4. The Morgan fingerprint density at radius 3 is 2.64 bits per heavy atom. The highest BCUT2D eigenvalue weighted by atomic mass is 79.9. The van der Waals surface area contributed by atoms with Gasteiger partial charge in [-0.05, 0) is 6.08 Å². The van der Waals surface area contributed by atoms with Crippen LogP contribution in [0.5, 0.6) is 0 Å². The number of ether oxygens (including phenoxy) is 2. The molecule has 0 saturated carbocycles. The van der Waals surface area contributed by atoms with E-state index in [1.165, 1.54) is 26.2 Å². The molecular weight excluding hydrogens is 252 g/mol. The van der Waals surface area contributed by atoms with Crippen molar-refractivity contribution in [2.45, 2.75) is 13.0 Å². The van der Waals surface area contributed by atoms with Gasteiger partial charge in [0.1, 0.15) is 5.76 Å². The third-order valence-corrected chi connectivity index (χ3v) is 2.24. The molecule has 0 bridgehead atoms. The Morgan fingerprint density at radius 1 is 1.50 bits per heavy atom. The van der Waals surface area contributed by atoms with Crippen molar-refractivity contribution in [3.8, 4) is 0 Å². The lowest BCUT2D eigenvalue weighted by atomic mass is 10.1. The zero-order valence-corrected chi connectivity index (χ0v) is 9.33. The van der Waals surface area contributed by atoms with Gasteiger partial charge >= 0.3 is 5.97 Å². The Balaban J connectivity index is 2.90. The predicted molar refractivity (Wildman–Crippen MR) is 52.7 cm³/mol. The van der Waals surface area contributed by atoms with Gasteiger partial charge in [-0.2, -0.15) is 0 Å². The van der Waals surface area contributed by atoms with Crippen LogP contribution in [0.2, 0.25) is 0 Å². The van der Waals surface area contributed by atoms with Gasteiger partial charge in [-0.15, -0.1) is 0 Å². The van der Waals surface area contributed by atoms with Crippen molar-refractivity contribution in [1.29, 1.82) is 0 Å². The molecule has 1 aliphatic rings. The summed E-state index contributed by atoms with van der Waals surface area (Å²) in [4.78, 5) is 21.8. The van der Waals surface area contributed by atoms with Crippen LogP contribution in [-0.4, -0.2) is 25.0 Å². The second-order valence-electron chi connectivity index (χ2n) is 2.67. The first-order chi connectivity index (χ1) is 6.54. The molecule has 1 aliphatic carbocycles. The number of rotatable bonds is 2. The van der Waals surface area contributed by atoms with Gasteiger partial charge in [0, 0.05) is 17.5 Å². The molecule has 0 radical (unpaired) electrons. The molecule has 0 amide bonds. The van der Waals surface area contributed by atoms with E-state index in [2.05, 4.69) is 15.9 Å². The molecule has 0 N–H and O–H groups in total. The van der Waals surface area contributed by atoms with Crippen LogP contribution in [0.25, 0.3) is 0 Å². The molecule has 14 heavy (non-hydrogen) atoms. The van der Waals surface area contributed by atoms with Gasteiger partial charge in [-0.1, -0.05) is 15.9 Å². The molecule has 4 nitrogen and oxygen atoms in total. The van der Waals surface area contributed by atoms with E-state index in [-0.39, 0.29) is 5.78 Å². The van der Waals surface area contributed by atoms with Crippen LogP contribution < -0.4 is 0 Å². The first-order valence-electron chi connectivity index (χ1n) is 3.88. The van der Waals surface area contributed by atoms with E-state index in [1.807, 2.05) is 0 Å². The van der Waals surface area contributed by atoms with Crippen molar-refractivity contribution in [3.05, 3.63) is 22.4 Å². The molecule has 0 aromatic rings. The third-order valence-electron chi connectivity index (χ3n) is 1.59. The number of methoxy groups -OCH3 is 1. The molecule has 1 unspecified atom stereocenters. The minimum absolute atomic E-state index is 0.197. The molecule has 0 heterocycles. The number of carbonyl (C=O) groups excluding carboxylic acids is 2. The maximum atomic E-state index is 11.1. The smallest absolute Gasteiger partial charge is 0.303 e. The normalized spacial score (nSPS) is 21.1. The summed E-state index contributed by atoms with van der Waals surface area (Å²) in [6.45, 7) is 1.30. The van der Waals surface area contributed by atoms with E-state index >= 15 is 0 Å². The lowest BCUT2D eigenvalue weighted by Crippen LogP contribution is -2.24. The van der Waals surface area contributed by atoms with Gasteiger partial charge in [0.25, 0.3) is 0 Å². The number of halogens is 1. The zero-order valence-electron chi connectivity index (χ0n) is 7.74. The summed E-state index contributed by atoms with van der Waals surface area (Å²) in [6.07, 6.45) is 1.99. The Morgan fingerprint density at radius 2 is 2.14 bits per heavy atom. The van der Waals surface area contributed by atoms with Gasteiger partial charge in [0.15, 0.2) is 11.9 Å². The fourth-order valence-corrected chi connectivity index (χ4v) is 1.60. The third kappa shape index (κ3) is 2.45. The Hall–Kier alpha value is -1.10. The summed E-state index contributed by atoms with van der Waals surface area (Å²) in [7, 11) is 1.42. The number of allylic oxidation sites excluding steroid dienone is 2. The van der Waals surface area contributed by atoms with Crippen molar-refractivity contribution in [1.82, 2.24) is 0 Å². The summed E-state index contributed by atoms with van der Waals surface area (Å²) in [5.41, 5.74) is 0. The molecule has 0 aromatic heterocycles. The van der Waals surface area contributed by atoms with Crippen LogP contribution in [0, 0.1) is 0 Å². The molecule has 0 spiro atoms. The number of ketones is 1. The highest BCUT2D eigenvalue weighted by Crippen LogP contribution is 2.25. The van der Waals surface area contributed by atoms with Crippen molar-refractivity contribution >= 4 is 27.7 Å². The first kappa shape index (κ1) is 11.0. The largest absolute Gasteiger partial charge is 0.497 e. The zero-order chi connectivity index (χ0) is 10.7. The van der Waals surface area contributed by atoms with Crippen molar-refractivity contribution < 1.29 is 19.1 Å². The molecule has 1 atom stereocenters. The van der Waals surface area contributed by atoms with E-state index in [9.17, 15) is 9.59 Å². The maximum Gasteiger partial charge on any atom is 0.303 e. The second kappa shape index (κ2) is 4.41. The lowest BCUT2D eigenvalue weighted by molar-refractivity contribution is -0.144. The van der Waals surface area contributed by atoms with Gasteiger partial charge in [-0.3, -0.25) is 9.59 Å². The standard InChI is InChI=1S/C9H9BrO4/c1-5(11)14-9-7(10)3-6(12)4-8(9)13-2/h3-4,9H,1-2H3. The van der Waals surface area contributed by atoms with Crippen LogP contribution in [0.3, 0.4) is 0 Å². The average molecular weight is 261 g/mol. The Kier molecular flexibility index (Phi) is 3.46. The van der Waals surface area contributed by atoms with E-state index < -0.39 is 12.1 Å². The molecule has 1 rings (SSSR count). The lowest BCUT2D eigenvalue weighted by Gasteiger charge is -2.20. The second-order valence-corrected chi connectivity index (χ2v) is 3.59. The number of carbonyl (C=O) groups is 2. The first-order valence-corrected chi connectivity index (χ1v) is 4.67. The summed E-state index contributed by atoms with van der Waals surface area (Å²) in [5, 5.41) is 0. The topological polar surface area (TPSA) is 52.6 Å². The number of hydrogen-bond donors (Lipinski definition) is 0. The minimum Gasteiger partial charge on any atom is -0.497 e. The van der Waals surface area contributed by atoms with Crippen LogP contribution >= 0.6 is 15.9 Å². The van der Waals surface area contributed by atoms with E-state index in [1.54, 1.807) is 0 Å². The fourth-order valence-electron chi connectivity index (χ4n) is 1.05. The maximum absolute atomic E-state index is 11.1. The van der Waals surface area contributed by atoms with Crippen LogP contribution in [0.15, 0.2) is 22.4 Å². The average Bonchev–Trinajstić information content (AvgIpc) is 2.08. The van der Waals surface area contributed by atoms with Crippen molar-refractivity contribution in [2.24, 2.45) is 0 Å². The van der Waals surface area contributed by atoms with Crippen molar-refractivity contribution in [2.75, 3.05) is 7.11 Å². The highest BCUT2D eigenvalue weighted by Gasteiger charge is 2.26. The summed E-state index contributed by atoms with van der Waals surface area (Å²) in [6, 6.07) is 0. The van der Waals surface area contributed by atoms with E-state index in [0.717, 1.165) is 0 Å². The Labute approximate surface area is 89.7 Å². The molecule has 0 aliphatic heterocycles. The van der Waals surface area contributed by atoms with Crippen LogP contribution in [0.1, 0.15) is 6.92 Å². The number of esters is 1. The molecule has 0 saturated heterocycles. The molecular formula is C9H9BrO4. The van der Waals surface area contributed by atoms with Gasteiger partial charge in [0.05, 0.1) is 7.11 Å². The minimum atomic E-state index is -0.643. The quantitative estimate of drug-likeness (QED) is 0.703. The van der Waals surface area contributed by atoms with Gasteiger partial charge in [0.2, 0.25) is 0 Å². The molecule has 0 aromatic carbocycles. The van der Waals surface area contributed by atoms with Crippen molar-refractivity contribution in [3.63, 3.8) is 0 Å². The summed E-state index contributed by atoms with van der Waals surface area (Å²) >= 11 is 3.15. The fraction of sp³-hybridized carbons (Fsp3) is 0.333. The molecule has 76 valence electrons. The van der Waals surface area contributed by atoms with Gasteiger partial charge < -0.3 is 9.47 Å². The monoisotopic (exact) mass is 260 g/mol. The SMILES string of the molecule is COC1=CC(=O)C=C(Br)C1OC(C)=O. The Bertz CT molecular complexity index is 330. The summed E-state index contributed by atoms with van der Waals surface area (Å²) < 4.78 is 10.4. The van der Waals surface area contributed by atoms with Crippen LogP contribution in [0.4, 0.5) is 0 Å². The summed E-state index contributed by atoms with van der Waals surface area (Å²) in [5.74, 6) is -0.311. The van der Waals surface area contributed by atoms with Gasteiger partial charge in [-0.25, -0.2) is 0 Å². The molecule has 0 fully saturated rings. The van der Waals surface area contributed by atoms with Crippen LogP contribution in [-0.2, 0) is 19.1 Å². The predicted octanol–water partition coefficient (Wildman–Crippen LogP) is 1.31. The highest BCUT2D eigenvalue weighted by molar-refractivity contribution is 9.11. The van der Waals surface area contributed by atoms with E-state index in [0.29, 0.717) is 10.2 Å². The van der Waals surface area contributed by atoms with E-state index in [4.69, 9.17) is 9.47 Å².